The van der Waals surface area contributed by atoms with Crippen LogP contribution in [0.3, 0.4) is 0 Å². The molecule has 92 valence electrons. The first-order valence-corrected chi connectivity index (χ1v) is 7.38. The Morgan fingerprint density at radius 3 is 2.94 bits per heavy atom. The van der Waals surface area contributed by atoms with Gasteiger partial charge < -0.3 is 10.4 Å². The minimum absolute atomic E-state index is 0.0383. The van der Waals surface area contributed by atoms with Gasteiger partial charge in [-0.3, -0.25) is 0 Å². The maximum atomic E-state index is 11.1. The Morgan fingerprint density at radius 2 is 2.41 bits per heavy atom. The molecular formula is C9H10N2O4S2. The lowest BCUT2D eigenvalue weighted by Gasteiger charge is -2.07. The van der Waals surface area contributed by atoms with Crippen molar-refractivity contribution in [2.45, 2.75) is 12.6 Å². The molecule has 0 saturated carbocycles. The molecule has 1 aliphatic rings. The number of rotatable bonds is 4. The van der Waals surface area contributed by atoms with Gasteiger partial charge in [-0.05, 0) is 0 Å². The summed E-state index contributed by atoms with van der Waals surface area (Å²) in [5.74, 6) is -1.01. The lowest BCUT2D eigenvalue weighted by atomic mass is 10.3. The third-order valence-corrected chi connectivity index (χ3v) is 4.48. The fourth-order valence-corrected chi connectivity index (χ4v) is 3.35. The lowest BCUT2D eigenvalue weighted by Crippen LogP contribution is -2.29. The van der Waals surface area contributed by atoms with Crippen LogP contribution in [-0.4, -0.2) is 36.3 Å². The van der Waals surface area contributed by atoms with Crippen LogP contribution in [0.25, 0.3) is 0 Å². The number of aromatic nitrogens is 1. The molecule has 0 radical (unpaired) electrons. The molecule has 2 heterocycles. The Balaban J connectivity index is 1.91. The van der Waals surface area contributed by atoms with E-state index in [-0.39, 0.29) is 16.8 Å². The Kier molecular flexibility index (Phi) is 3.27. The number of carboxylic acids is 1. The number of nitrogens with one attached hydrogen (secondary N) is 1. The van der Waals surface area contributed by atoms with Crippen molar-refractivity contribution >= 4 is 27.1 Å². The van der Waals surface area contributed by atoms with Crippen molar-refractivity contribution in [3.05, 3.63) is 27.6 Å². The molecule has 0 bridgehead atoms. The van der Waals surface area contributed by atoms with Gasteiger partial charge in [0.1, 0.15) is 0 Å². The van der Waals surface area contributed by atoms with Gasteiger partial charge in [0.25, 0.3) is 0 Å². The zero-order valence-electron chi connectivity index (χ0n) is 8.66. The number of aromatic carboxylic acids is 1. The molecule has 1 atom stereocenters. The van der Waals surface area contributed by atoms with E-state index >= 15 is 0 Å². The van der Waals surface area contributed by atoms with E-state index in [1.54, 1.807) is 11.5 Å². The van der Waals surface area contributed by atoms with E-state index in [1.165, 1.54) is 5.41 Å². The van der Waals surface area contributed by atoms with Crippen LogP contribution in [0.5, 0.6) is 0 Å². The molecule has 0 aromatic carbocycles. The average molecular weight is 274 g/mol. The molecule has 0 saturated heterocycles. The summed E-state index contributed by atoms with van der Waals surface area (Å²) in [6, 6.07) is -0.227. The first-order valence-electron chi connectivity index (χ1n) is 4.78. The zero-order chi connectivity index (χ0) is 12.5. The summed E-state index contributed by atoms with van der Waals surface area (Å²) in [5.41, 5.74) is 0.602. The molecule has 6 nitrogen and oxygen atoms in total. The van der Waals surface area contributed by atoms with E-state index in [4.69, 9.17) is 5.11 Å². The fourth-order valence-electron chi connectivity index (χ4n) is 1.42. The minimum atomic E-state index is -3.06. The Bertz CT molecular complexity index is 561. The molecule has 2 rings (SSSR count). The van der Waals surface area contributed by atoms with Crippen molar-refractivity contribution in [3.63, 3.8) is 0 Å². The van der Waals surface area contributed by atoms with Crippen LogP contribution >= 0.6 is 11.3 Å². The van der Waals surface area contributed by atoms with Gasteiger partial charge in [-0.1, -0.05) is 6.08 Å². The van der Waals surface area contributed by atoms with Gasteiger partial charge >= 0.3 is 5.97 Å². The van der Waals surface area contributed by atoms with E-state index < -0.39 is 15.8 Å². The van der Waals surface area contributed by atoms with Crippen LogP contribution in [0.15, 0.2) is 16.9 Å². The highest BCUT2D eigenvalue weighted by atomic mass is 32.2. The molecule has 17 heavy (non-hydrogen) atoms. The van der Waals surface area contributed by atoms with Crippen LogP contribution in [0.2, 0.25) is 0 Å². The smallest absolute Gasteiger partial charge is 0.365 e. The average Bonchev–Trinajstić information content (AvgIpc) is 2.81. The standard InChI is InChI=1S/C9H10N2O4S2/c12-9(13)8-11-7(4-16-8)3-10-6-1-2-17(14,15)5-6/h1-2,4,6,10H,3,5H2,(H,12,13). The number of hydrogen-bond donors (Lipinski definition) is 2. The first-order chi connectivity index (χ1) is 7.96. The quantitative estimate of drug-likeness (QED) is 0.816. The third-order valence-electron chi connectivity index (χ3n) is 2.21. The normalized spacial score (nSPS) is 21.8. The van der Waals surface area contributed by atoms with Crippen LogP contribution < -0.4 is 5.32 Å². The molecule has 1 aliphatic heterocycles. The zero-order valence-corrected chi connectivity index (χ0v) is 10.3. The van der Waals surface area contributed by atoms with Gasteiger partial charge in [0, 0.05) is 23.4 Å². The monoisotopic (exact) mass is 274 g/mol. The summed E-state index contributed by atoms with van der Waals surface area (Å²) in [5, 5.41) is 14.5. The van der Waals surface area contributed by atoms with Crippen molar-refractivity contribution < 1.29 is 18.3 Å². The van der Waals surface area contributed by atoms with E-state index in [9.17, 15) is 13.2 Å². The van der Waals surface area contributed by atoms with E-state index in [0.717, 1.165) is 11.3 Å². The van der Waals surface area contributed by atoms with E-state index in [2.05, 4.69) is 10.3 Å². The van der Waals surface area contributed by atoms with Crippen molar-refractivity contribution in [3.8, 4) is 0 Å². The van der Waals surface area contributed by atoms with Crippen LogP contribution in [0, 0.1) is 0 Å². The molecule has 0 fully saturated rings. The van der Waals surface area contributed by atoms with Crippen LogP contribution in [0.4, 0.5) is 0 Å². The predicted octanol–water partition coefficient (Wildman–Crippen LogP) is 0.242. The first kappa shape index (κ1) is 12.2. The number of hydrogen-bond acceptors (Lipinski definition) is 6. The maximum absolute atomic E-state index is 11.1. The second-order valence-corrected chi connectivity index (χ2v) is 6.38. The van der Waals surface area contributed by atoms with Gasteiger partial charge in [-0.25, -0.2) is 18.2 Å². The van der Waals surface area contributed by atoms with Crippen molar-refractivity contribution in [1.29, 1.82) is 0 Å². The SMILES string of the molecule is O=C(O)c1nc(CNC2C=CS(=O)(=O)C2)cs1. The van der Waals surface area contributed by atoms with Gasteiger partial charge in [-0.2, -0.15) is 0 Å². The minimum Gasteiger partial charge on any atom is -0.476 e. The summed E-state index contributed by atoms with van der Waals surface area (Å²) in [6.07, 6.45) is 1.58. The number of carboxylic acid groups (broad SMARTS) is 1. The highest BCUT2D eigenvalue weighted by Crippen LogP contribution is 2.11. The lowest BCUT2D eigenvalue weighted by molar-refractivity contribution is 0.0696. The maximum Gasteiger partial charge on any atom is 0.365 e. The van der Waals surface area contributed by atoms with Crippen LogP contribution in [0.1, 0.15) is 15.5 Å². The fraction of sp³-hybridized carbons (Fsp3) is 0.333. The largest absolute Gasteiger partial charge is 0.476 e. The number of sulfone groups is 1. The van der Waals surface area contributed by atoms with E-state index in [0.29, 0.717) is 12.2 Å². The molecule has 2 N–H and O–H groups in total. The van der Waals surface area contributed by atoms with Crippen molar-refractivity contribution in [2.24, 2.45) is 0 Å². The number of carbonyl (C=O) groups is 1. The third kappa shape index (κ3) is 3.11. The topological polar surface area (TPSA) is 96.4 Å². The predicted molar refractivity (Wildman–Crippen MR) is 62.6 cm³/mol. The Morgan fingerprint density at radius 1 is 1.65 bits per heavy atom. The molecular weight excluding hydrogens is 264 g/mol. The van der Waals surface area contributed by atoms with Crippen LogP contribution in [-0.2, 0) is 16.4 Å². The summed E-state index contributed by atoms with van der Waals surface area (Å²) in [7, 11) is -3.06. The Labute approximate surface area is 102 Å². The second-order valence-electron chi connectivity index (χ2n) is 3.59. The molecule has 0 aliphatic carbocycles. The number of nitrogens with zero attached hydrogens (tertiary/aromatic N) is 1. The molecule has 8 heteroatoms. The highest BCUT2D eigenvalue weighted by Gasteiger charge is 2.21. The Hall–Kier alpha value is -1.25. The summed E-state index contributed by atoms with van der Waals surface area (Å²) in [4.78, 5) is 14.5. The van der Waals surface area contributed by atoms with E-state index in [1.807, 2.05) is 0 Å². The van der Waals surface area contributed by atoms with Crippen molar-refractivity contribution in [2.75, 3.05) is 5.75 Å². The highest BCUT2D eigenvalue weighted by molar-refractivity contribution is 7.94. The van der Waals surface area contributed by atoms with Gasteiger partial charge in [0.05, 0.1) is 11.4 Å². The van der Waals surface area contributed by atoms with Gasteiger partial charge in [-0.15, -0.1) is 11.3 Å². The summed E-state index contributed by atoms with van der Waals surface area (Å²) < 4.78 is 22.3. The molecule has 1 aromatic heterocycles. The molecule has 0 amide bonds. The molecule has 1 aromatic rings. The van der Waals surface area contributed by atoms with Crippen molar-refractivity contribution in [1.82, 2.24) is 10.3 Å². The second kappa shape index (κ2) is 4.55. The van der Waals surface area contributed by atoms with Gasteiger partial charge in [0.2, 0.25) is 5.01 Å². The van der Waals surface area contributed by atoms with Gasteiger partial charge in [0.15, 0.2) is 9.84 Å². The summed E-state index contributed by atoms with van der Waals surface area (Å²) in [6.45, 7) is 0.355. The number of thiazole rings is 1. The molecule has 0 spiro atoms. The molecule has 1 unspecified atom stereocenters. The summed E-state index contributed by atoms with van der Waals surface area (Å²) >= 11 is 1.05.